The largest absolute Gasteiger partial charge is 0.480 e. The maximum absolute atomic E-state index is 11.5. The minimum atomic E-state index is -1.00. The van der Waals surface area contributed by atoms with Crippen LogP contribution in [0.5, 0.6) is 0 Å². The van der Waals surface area contributed by atoms with Crippen molar-refractivity contribution in [2.75, 3.05) is 12.0 Å². The zero-order valence-electron chi connectivity index (χ0n) is 9.95. The first-order valence-corrected chi connectivity index (χ1v) is 6.73. The van der Waals surface area contributed by atoms with Gasteiger partial charge in [0, 0.05) is 11.8 Å². The highest BCUT2D eigenvalue weighted by Gasteiger charge is 2.18. The number of thioether (sulfide) groups is 1. The Balaban J connectivity index is 4.09. The fourth-order valence-corrected chi connectivity index (χ4v) is 1.91. The summed E-state index contributed by atoms with van der Waals surface area (Å²) in [4.78, 5) is 22.2. The average Bonchev–Trinajstić information content (AvgIpc) is 2.24. The summed E-state index contributed by atoms with van der Waals surface area (Å²) >= 11 is 1.65. The standard InChI is InChI=1S/C10H20N2O3S/c1-4-7(6-16-3)11-10(15)12-8(5-2)9(13)14/h7-8H,4-6H2,1-3H3,(H,13,14)(H2,11,12,15)/t7?,8-/m0/s1. The monoisotopic (exact) mass is 248 g/mol. The fraction of sp³-hybridized carbons (Fsp3) is 0.800. The van der Waals surface area contributed by atoms with Gasteiger partial charge in [-0.25, -0.2) is 9.59 Å². The number of urea groups is 1. The third-order valence-corrected chi connectivity index (χ3v) is 2.94. The number of aliphatic carboxylic acids is 1. The summed E-state index contributed by atoms with van der Waals surface area (Å²) in [6.45, 7) is 3.70. The van der Waals surface area contributed by atoms with Gasteiger partial charge in [-0.2, -0.15) is 11.8 Å². The highest BCUT2D eigenvalue weighted by atomic mass is 32.2. The molecule has 3 N–H and O–H groups in total. The first kappa shape index (κ1) is 15.1. The molecule has 0 aromatic rings. The summed E-state index contributed by atoms with van der Waals surface area (Å²) in [5.41, 5.74) is 0. The van der Waals surface area contributed by atoms with Crippen molar-refractivity contribution in [3.63, 3.8) is 0 Å². The second-order valence-corrected chi connectivity index (χ2v) is 4.39. The molecule has 5 nitrogen and oxygen atoms in total. The quantitative estimate of drug-likeness (QED) is 0.634. The Hall–Kier alpha value is -0.910. The van der Waals surface area contributed by atoms with Gasteiger partial charge in [0.15, 0.2) is 0 Å². The second kappa shape index (κ2) is 8.27. The minimum absolute atomic E-state index is 0.0845. The van der Waals surface area contributed by atoms with Gasteiger partial charge in [0.05, 0.1) is 0 Å². The molecule has 0 fully saturated rings. The molecule has 0 aliphatic heterocycles. The van der Waals surface area contributed by atoms with E-state index in [1.807, 2.05) is 13.2 Å². The van der Waals surface area contributed by atoms with Gasteiger partial charge >= 0.3 is 12.0 Å². The van der Waals surface area contributed by atoms with E-state index in [0.29, 0.717) is 6.42 Å². The molecule has 0 aromatic carbocycles. The third kappa shape index (κ3) is 5.85. The molecule has 0 aliphatic carbocycles. The van der Waals surface area contributed by atoms with Crippen LogP contribution in [0.4, 0.5) is 4.79 Å². The summed E-state index contributed by atoms with van der Waals surface area (Å²) in [6.07, 6.45) is 3.18. The molecule has 0 aliphatic rings. The molecule has 16 heavy (non-hydrogen) atoms. The second-order valence-electron chi connectivity index (χ2n) is 3.48. The first-order chi connectivity index (χ1) is 7.54. The lowest BCUT2D eigenvalue weighted by Crippen LogP contribution is -2.49. The molecule has 0 saturated heterocycles. The predicted octanol–water partition coefficient (Wildman–Crippen LogP) is 1.29. The Morgan fingerprint density at radius 3 is 2.25 bits per heavy atom. The van der Waals surface area contributed by atoms with Crippen LogP contribution >= 0.6 is 11.8 Å². The Bertz CT molecular complexity index is 236. The van der Waals surface area contributed by atoms with Gasteiger partial charge in [0.1, 0.15) is 6.04 Å². The van der Waals surface area contributed by atoms with Crippen molar-refractivity contribution in [2.45, 2.75) is 38.8 Å². The van der Waals surface area contributed by atoms with E-state index in [2.05, 4.69) is 10.6 Å². The number of carbonyl (C=O) groups excluding carboxylic acids is 1. The average molecular weight is 248 g/mol. The molecule has 0 aromatic heterocycles. The van der Waals surface area contributed by atoms with Crippen molar-refractivity contribution in [2.24, 2.45) is 0 Å². The smallest absolute Gasteiger partial charge is 0.326 e. The van der Waals surface area contributed by atoms with Crippen LogP contribution in [-0.4, -0.2) is 41.2 Å². The Labute approximate surface area is 100 Å². The molecule has 0 heterocycles. The van der Waals surface area contributed by atoms with Crippen molar-refractivity contribution >= 4 is 23.8 Å². The number of hydrogen-bond donors (Lipinski definition) is 3. The molecule has 94 valence electrons. The Morgan fingerprint density at radius 1 is 1.25 bits per heavy atom. The van der Waals surface area contributed by atoms with Crippen molar-refractivity contribution in [3.8, 4) is 0 Å². The van der Waals surface area contributed by atoms with Gasteiger partial charge in [0.2, 0.25) is 0 Å². The Kier molecular flexibility index (Phi) is 7.80. The summed E-state index contributed by atoms with van der Waals surface area (Å²) in [6, 6.07) is -1.14. The van der Waals surface area contributed by atoms with E-state index in [1.165, 1.54) is 0 Å². The Morgan fingerprint density at radius 2 is 1.88 bits per heavy atom. The van der Waals surface area contributed by atoms with Crippen molar-refractivity contribution in [3.05, 3.63) is 0 Å². The van der Waals surface area contributed by atoms with Crippen molar-refractivity contribution in [1.82, 2.24) is 10.6 Å². The molecular weight excluding hydrogens is 228 g/mol. The number of carboxylic acid groups (broad SMARTS) is 1. The maximum Gasteiger partial charge on any atom is 0.326 e. The van der Waals surface area contributed by atoms with E-state index in [4.69, 9.17) is 5.11 Å². The van der Waals surface area contributed by atoms with Gasteiger partial charge in [-0.1, -0.05) is 13.8 Å². The molecule has 2 atom stereocenters. The number of amides is 2. The lowest BCUT2D eigenvalue weighted by Gasteiger charge is -2.18. The number of carboxylic acids is 1. The maximum atomic E-state index is 11.5. The molecule has 2 amide bonds. The van der Waals surface area contributed by atoms with E-state index < -0.39 is 18.0 Å². The van der Waals surface area contributed by atoms with Crippen LogP contribution in [0.25, 0.3) is 0 Å². The van der Waals surface area contributed by atoms with Crippen molar-refractivity contribution < 1.29 is 14.7 Å². The van der Waals surface area contributed by atoms with Gasteiger partial charge in [0.25, 0.3) is 0 Å². The molecule has 6 heteroatoms. The van der Waals surface area contributed by atoms with Gasteiger partial charge in [-0.05, 0) is 19.1 Å². The molecule has 0 radical (unpaired) electrons. The zero-order valence-corrected chi connectivity index (χ0v) is 10.8. The summed E-state index contributed by atoms with van der Waals surface area (Å²) in [7, 11) is 0. The zero-order chi connectivity index (χ0) is 12.6. The van der Waals surface area contributed by atoms with Crippen molar-refractivity contribution in [1.29, 1.82) is 0 Å². The SMILES string of the molecule is CCC(CSC)NC(=O)N[C@@H](CC)C(=O)O. The normalized spacial score (nSPS) is 13.9. The molecule has 0 rings (SSSR count). The predicted molar refractivity (Wildman–Crippen MR) is 65.8 cm³/mol. The van der Waals surface area contributed by atoms with Crippen LogP contribution in [0.3, 0.4) is 0 Å². The number of hydrogen-bond acceptors (Lipinski definition) is 3. The number of nitrogens with one attached hydrogen (secondary N) is 2. The van der Waals surface area contributed by atoms with Crippen LogP contribution in [-0.2, 0) is 4.79 Å². The van der Waals surface area contributed by atoms with Crippen LogP contribution < -0.4 is 10.6 Å². The molecule has 0 spiro atoms. The molecule has 0 saturated carbocycles. The van der Waals surface area contributed by atoms with E-state index in [9.17, 15) is 9.59 Å². The number of rotatable bonds is 7. The van der Waals surface area contributed by atoms with Crippen LogP contribution in [0.15, 0.2) is 0 Å². The van der Waals surface area contributed by atoms with E-state index in [-0.39, 0.29) is 6.04 Å². The van der Waals surface area contributed by atoms with E-state index in [1.54, 1.807) is 18.7 Å². The topological polar surface area (TPSA) is 78.4 Å². The summed E-state index contributed by atoms with van der Waals surface area (Å²) < 4.78 is 0. The third-order valence-electron chi connectivity index (χ3n) is 2.21. The van der Waals surface area contributed by atoms with Gasteiger partial charge < -0.3 is 15.7 Å². The van der Waals surface area contributed by atoms with Crippen LogP contribution in [0.1, 0.15) is 26.7 Å². The van der Waals surface area contributed by atoms with Gasteiger partial charge in [-0.15, -0.1) is 0 Å². The van der Waals surface area contributed by atoms with Crippen LogP contribution in [0.2, 0.25) is 0 Å². The summed E-state index contributed by atoms with van der Waals surface area (Å²) in [5, 5.41) is 14.0. The highest BCUT2D eigenvalue weighted by molar-refractivity contribution is 7.98. The minimum Gasteiger partial charge on any atom is -0.480 e. The van der Waals surface area contributed by atoms with Gasteiger partial charge in [-0.3, -0.25) is 0 Å². The lowest BCUT2D eigenvalue weighted by molar-refractivity contribution is -0.139. The molecular formula is C10H20N2O3S. The lowest BCUT2D eigenvalue weighted by atomic mass is 10.2. The fourth-order valence-electron chi connectivity index (χ4n) is 1.19. The highest BCUT2D eigenvalue weighted by Crippen LogP contribution is 2.01. The molecule has 0 bridgehead atoms. The first-order valence-electron chi connectivity index (χ1n) is 5.33. The van der Waals surface area contributed by atoms with E-state index >= 15 is 0 Å². The number of carbonyl (C=O) groups is 2. The summed E-state index contributed by atoms with van der Waals surface area (Å²) in [5.74, 6) is -0.177. The molecule has 1 unspecified atom stereocenters. The van der Waals surface area contributed by atoms with Crippen LogP contribution in [0, 0.1) is 0 Å². The van der Waals surface area contributed by atoms with E-state index in [0.717, 1.165) is 12.2 Å².